The number of hydrogen-bond acceptors (Lipinski definition) is 6. The fourth-order valence-electron chi connectivity index (χ4n) is 3.66. The van der Waals surface area contributed by atoms with E-state index in [1.54, 1.807) is 29.2 Å². The van der Waals surface area contributed by atoms with Crippen LogP contribution in [-0.2, 0) is 11.3 Å². The van der Waals surface area contributed by atoms with Crippen LogP contribution >= 0.6 is 0 Å². The van der Waals surface area contributed by atoms with Gasteiger partial charge in [0.2, 0.25) is 11.8 Å². The summed E-state index contributed by atoms with van der Waals surface area (Å²) in [6.07, 6.45) is 5.46. The summed E-state index contributed by atoms with van der Waals surface area (Å²) >= 11 is 0. The van der Waals surface area contributed by atoms with Crippen molar-refractivity contribution in [1.82, 2.24) is 20.1 Å². The molecular weight excluding hydrogens is 406 g/mol. The zero-order chi connectivity index (χ0) is 22.5. The Kier molecular flexibility index (Phi) is 6.30. The lowest BCUT2D eigenvalue weighted by atomic mass is 10.2. The van der Waals surface area contributed by atoms with E-state index in [9.17, 15) is 9.59 Å². The molecule has 8 heteroatoms. The minimum Gasteiger partial charge on any atom is -0.435 e. The maximum Gasteiger partial charge on any atom is 0.243 e. The summed E-state index contributed by atoms with van der Waals surface area (Å²) in [5.41, 5.74) is 1.53. The van der Waals surface area contributed by atoms with Gasteiger partial charge < -0.3 is 15.0 Å². The fraction of sp³-hybridized carbons (Fsp3) is 0.250. The second-order valence-corrected chi connectivity index (χ2v) is 7.68. The third-order valence-corrected chi connectivity index (χ3v) is 5.28. The van der Waals surface area contributed by atoms with E-state index in [0.29, 0.717) is 30.2 Å². The number of nitrogens with zero attached hydrogens (tertiary/aromatic N) is 4. The molecule has 3 heterocycles. The van der Waals surface area contributed by atoms with Gasteiger partial charge in [-0.1, -0.05) is 36.9 Å². The molecule has 0 spiro atoms. The Morgan fingerprint density at radius 3 is 2.81 bits per heavy atom. The summed E-state index contributed by atoms with van der Waals surface area (Å²) in [5.74, 6) is 1.12. The number of nitrogens with one attached hydrogen (secondary N) is 1. The van der Waals surface area contributed by atoms with Gasteiger partial charge in [-0.15, -0.1) is 0 Å². The zero-order valence-corrected chi connectivity index (χ0v) is 17.9. The summed E-state index contributed by atoms with van der Waals surface area (Å²) in [4.78, 5) is 30.4. The number of Topliss-reactive ketones (excluding diaryl/α,β-unsaturated/α-hetero) is 1. The molecule has 0 bridgehead atoms. The van der Waals surface area contributed by atoms with E-state index in [0.717, 1.165) is 18.5 Å². The molecule has 1 atom stereocenters. The summed E-state index contributed by atoms with van der Waals surface area (Å²) in [6.45, 7) is 6.95. The van der Waals surface area contributed by atoms with E-state index in [1.807, 2.05) is 30.3 Å². The number of ketones is 1. The third kappa shape index (κ3) is 5.03. The molecule has 1 saturated heterocycles. The third-order valence-electron chi connectivity index (χ3n) is 5.28. The molecule has 1 aromatic carbocycles. The smallest absolute Gasteiger partial charge is 0.243 e. The van der Waals surface area contributed by atoms with Crippen LogP contribution in [0.3, 0.4) is 0 Å². The molecule has 32 heavy (non-hydrogen) atoms. The van der Waals surface area contributed by atoms with Gasteiger partial charge in [0.25, 0.3) is 0 Å². The van der Waals surface area contributed by atoms with Gasteiger partial charge in [-0.2, -0.15) is 10.1 Å². The van der Waals surface area contributed by atoms with Crippen molar-refractivity contribution in [2.24, 2.45) is 0 Å². The van der Waals surface area contributed by atoms with Crippen molar-refractivity contribution in [3.8, 4) is 11.6 Å². The average Bonchev–Trinajstić information content (AvgIpc) is 3.43. The summed E-state index contributed by atoms with van der Waals surface area (Å²) in [7, 11) is 0. The number of hydrogen-bond donors (Lipinski definition) is 1. The van der Waals surface area contributed by atoms with Crippen LogP contribution in [0.25, 0.3) is 0 Å². The molecule has 1 aliphatic heterocycles. The molecule has 164 valence electrons. The Morgan fingerprint density at radius 2 is 2.06 bits per heavy atom. The van der Waals surface area contributed by atoms with E-state index in [4.69, 9.17) is 4.74 Å². The number of benzene rings is 1. The summed E-state index contributed by atoms with van der Waals surface area (Å²) in [6, 6.07) is 13.6. The molecule has 8 nitrogen and oxygen atoms in total. The van der Waals surface area contributed by atoms with Crippen molar-refractivity contribution < 1.29 is 14.3 Å². The van der Waals surface area contributed by atoms with Gasteiger partial charge in [-0.25, -0.2) is 0 Å². The van der Waals surface area contributed by atoms with Crippen molar-refractivity contribution in [3.63, 3.8) is 0 Å². The van der Waals surface area contributed by atoms with Gasteiger partial charge in [0.05, 0.1) is 24.5 Å². The van der Waals surface area contributed by atoms with Crippen molar-refractivity contribution >= 4 is 17.5 Å². The topological polar surface area (TPSA) is 89.4 Å². The lowest BCUT2D eigenvalue weighted by Crippen LogP contribution is -2.36. The van der Waals surface area contributed by atoms with Crippen LogP contribution in [0.1, 0.15) is 29.3 Å². The monoisotopic (exact) mass is 431 g/mol. The van der Waals surface area contributed by atoms with Gasteiger partial charge in [0.15, 0.2) is 11.5 Å². The van der Waals surface area contributed by atoms with Gasteiger partial charge in [0, 0.05) is 19.1 Å². The highest BCUT2D eigenvalue weighted by atomic mass is 16.5. The van der Waals surface area contributed by atoms with Crippen molar-refractivity contribution in [2.45, 2.75) is 25.9 Å². The standard InChI is InChI=1S/C24H25N5O3/c1-3-23(31)26-19-11-12-28(15-19)22-10-9-21(17(2)30)24(27-22)32-20-13-25-29(16-20)14-18-7-5-4-6-8-18/h3-10,13,16,19H,1,11-12,14-15H2,2H3,(H,26,31). The van der Waals surface area contributed by atoms with Gasteiger partial charge in [-0.3, -0.25) is 14.3 Å². The molecule has 0 saturated carbocycles. The molecule has 4 rings (SSSR count). The Hall–Kier alpha value is -3.94. The first-order chi connectivity index (χ1) is 15.5. The van der Waals surface area contributed by atoms with Crippen molar-refractivity contribution in [3.05, 3.63) is 78.6 Å². The quantitative estimate of drug-likeness (QED) is 0.435. The number of ether oxygens (including phenoxy) is 1. The van der Waals surface area contributed by atoms with Crippen LogP contribution in [0, 0.1) is 0 Å². The highest BCUT2D eigenvalue weighted by molar-refractivity contribution is 5.96. The highest BCUT2D eigenvalue weighted by Gasteiger charge is 2.25. The van der Waals surface area contributed by atoms with Gasteiger partial charge in [-0.05, 0) is 37.1 Å². The summed E-state index contributed by atoms with van der Waals surface area (Å²) < 4.78 is 7.75. The Labute approximate surface area is 186 Å². The van der Waals surface area contributed by atoms with Crippen LogP contribution in [0.2, 0.25) is 0 Å². The number of pyridine rings is 1. The first-order valence-electron chi connectivity index (χ1n) is 10.5. The van der Waals surface area contributed by atoms with Crippen molar-refractivity contribution in [2.75, 3.05) is 18.0 Å². The summed E-state index contributed by atoms with van der Waals surface area (Å²) in [5, 5.41) is 7.26. The Morgan fingerprint density at radius 1 is 1.25 bits per heavy atom. The molecule has 2 aromatic heterocycles. The number of anilines is 1. The number of carbonyl (C=O) groups is 2. The van der Waals surface area contributed by atoms with Crippen LogP contribution < -0.4 is 15.0 Å². The van der Waals surface area contributed by atoms with Crippen molar-refractivity contribution in [1.29, 1.82) is 0 Å². The van der Waals surface area contributed by atoms with Crippen LogP contribution in [0.15, 0.2) is 67.5 Å². The number of carbonyl (C=O) groups excluding carboxylic acids is 2. The van der Waals surface area contributed by atoms with E-state index >= 15 is 0 Å². The Bertz CT molecular complexity index is 1130. The highest BCUT2D eigenvalue weighted by Crippen LogP contribution is 2.28. The normalized spacial score (nSPS) is 15.4. The number of rotatable bonds is 8. The van der Waals surface area contributed by atoms with Gasteiger partial charge in [0.1, 0.15) is 5.82 Å². The molecule has 1 unspecified atom stereocenters. The SMILES string of the molecule is C=CC(=O)NC1CCN(c2ccc(C(C)=O)c(Oc3cnn(Cc4ccccc4)c3)n2)C1. The number of amides is 1. The lowest BCUT2D eigenvalue weighted by molar-refractivity contribution is -0.117. The number of aromatic nitrogens is 3. The lowest BCUT2D eigenvalue weighted by Gasteiger charge is -2.19. The molecule has 0 radical (unpaired) electrons. The molecule has 1 N–H and O–H groups in total. The maximum absolute atomic E-state index is 12.1. The molecule has 0 aliphatic carbocycles. The molecule has 1 fully saturated rings. The van der Waals surface area contributed by atoms with E-state index in [2.05, 4.69) is 26.9 Å². The maximum atomic E-state index is 12.1. The first-order valence-corrected chi connectivity index (χ1v) is 10.5. The molecule has 1 aliphatic rings. The fourth-order valence-corrected chi connectivity index (χ4v) is 3.66. The predicted molar refractivity (Wildman–Crippen MR) is 121 cm³/mol. The van der Waals surface area contributed by atoms with E-state index in [-0.39, 0.29) is 23.6 Å². The zero-order valence-electron chi connectivity index (χ0n) is 17.9. The van der Waals surface area contributed by atoms with Crippen LogP contribution in [0.4, 0.5) is 5.82 Å². The van der Waals surface area contributed by atoms with Crippen LogP contribution in [-0.4, -0.2) is 45.6 Å². The van der Waals surface area contributed by atoms with E-state index < -0.39 is 0 Å². The minimum atomic E-state index is -0.187. The molecular formula is C24H25N5O3. The second kappa shape index (κ2) is 9.47. The largest absolute Gasteiger partial charge is 0.435 e. The van der Waals surface area contributed by atoms with E-state index in [1.165, 1.54) is 13.0 Å². The second-order valence-electron chi connectivity index (χ2n) is 7.68. The molecule has 1 amide bonds. The van der Waals surface area contributed by atoms with Crippen LogP contribution in [0.5, 0.6) is 11.6 Å². The Balaban J connectivity index is 1.50. The van der Waals surface area contributed by atoms with Gasteiger partial charge >= 0.3 is 0 Å². The average molecular weight is 431 g/mol. The predicted octanol–water partition coefficient (Wildman–Crippen LogP) is 3.20. The minimum absolute atomic E-state index is 0.0235. The first kappa shape index (κ1) is 21.3. The molecule has 3 aromatic rings.